The number of alkyl halides is 3. The molecule has 2 aliphatic rings. The van der Waals surface area contributed by atoms with Gasteiger partial charge < -0.3 is 10.2 Å². The molecule has 0 radical (unpaired) electrons. The molecule has 3 atom stereocenters. The molecule has 4 heterocycles. The Morgan fingerprint density at radius 1 is 1.31 bits per heavy atom. The van der Waals surface area contributed by atoms with E-state index in [4.69, 9.17) is 0 Å². The predicted octanol–water partition coefficient (Wildman–Crippen LogP) is 3.68. The van der Waals surface area contributed by atoms with Gasteiger partial charge in [-0.25, -0.2) is 4.68 Å². The van der Waals surface area contributed by atoms with E-state index in [-0.39, 0.29) is 24.4 Å². The molecule has 158 valence electrons. The minimum atomic E-state index is -4.37. The first-order valence-corrected chi connectivity index (χ1v) is 10.0. The lowest BCUT2D eigenvalue weighted by Gasteiger charge is -2.34. The van der Waals surface area contributed by atoms with E-state index in [2.05, 4.69) is 15.5 Å². The van der Waals surface area contributed by atoms with Crippen LogP contribution in [-0.2, 0) is 7.05 Å². The summed E-state index contributed by atoms with van der Waals surface area (Å²) < 4.78 is 43.6. The summed E-state index contributed by atoms with van der Waals surface area (Å²) in [6.07, 6.45) is 0.295. The summed E-state index contributed by atoms with van der Waals surface area (Å²) in [6, 6.07) is 1.07. The van der Waals surface area contributed by atoms with E-state index in [1.165, 1.54) is 0 Å². The summed E-state index contributed by atoms with van der Waals surface area (Å²) in [5.74, 6) is 0.157. The van der Waals surface area contributed by atoms with Crippen molar-refractivity contribution in [2.75, 3.05) is 11.9 Å². The highest BCUT2D eigenvalue weighted by Gasteiger charge is 2.46. The Kier molecular flexibility index (Phi) is 5.04. The number of amides is 1. The second-order valence-corrected chi connectivity index (χ2v) is 7.83. The number of anilines is 1. The fourth-order valence-corrected chi connectivity index (χ4v) is 4.26. The Bertz CT molecular complexity index is 889. The van der Waals surface area contributed by atoms with Crippen molar-refractivity contribution in [1.29, 1.82) is 0 Å². The average Bonchev–Trinajstić information content (AvgIpc) is 3.31. The first kappa shape index (κ1) is 19.8. The van der Waals surface area contributed by atoms with Crippen LogP contribution in [-0.4, -0.2) is 49.1 Å². The van der Waals surface area contributed by atoms with Crippen LogP contribution in [0.4, 0.5) is 19.0 Å². The zero-order valence-corrected chi connectivity index (χ0v) is 16.5. The Morgan fingerprint density at radius 2 is 2.10 bits per heavy atom. The Morgan fingerprint density at radius 3 is 2.76 bits per heavy atom. The lowest BCUT2D eigenvalue weighted by molar-refractivity contribution is -0.173. The van der Waals surface area contributed by atoms with E-state index >= 15 is 0 Å². The van der Waals surface area contributed by atoms with Gasteiger partial charge in [-0.1, -0.05) is 6.92 Å². The molecule has 4 rings (SSSR count). The van der Waals surface area contributed by atoms with E-state index in [0.29, 0.717) is 36.6 Å². The molecule has 0 bridgehead atoms. The fraction of sp³-hybridized carbons (Fsp3) is 0.632. The van der Waals surface area contributed by atoms with Gasteiger partial charge in [-0.3, -0.25) is 9.48 Å². The van der Waals surface area contributed by atoms with Gasteiger partial charge in [0.25, 0.3) is 5.91 Å². The van der Waals surface area contributed by atoms with Crippen LogP contribution < -0.4 is 5.32 Å². The summed E-state index contributed by atoms with van der Waals surface area (Å²) in [6.45, 7) is 2.41. The molecule has 7 nitrogen and oxygen atoms in total. The van der Waals surface area contributed by atoms with Crippen LogP contribution in [0.3, 0.4) is 0 Å². The van der Waals surface area contributed by atoms with Gasteiger partial charge in [-0.15, -0.1) is 0 Å². The van der Waals surface area contributed by atoms with Crippen molar-refractivity contribution in [1.82, 2.24) is 24.5 Å². The molecule has 1 fully saturated rings. The molecule has 1 N–H and O–H groups in total. The zero-order valence-electron chi connectivity index (χ0n) is 16.5. The molecule has 0 saturated carbocycles. The summed E-state index contributed by atoms with van der Waals surface area (Å²) >= 11 is 0. The summed E-state index contributed by atoms with van der Waals surface area (Å²) in [5, 5.41) is 11.7. The lowest BCUT2D eigenvalue weighted by Crippen LogP contribution is -2.40. The number of aryl methyl sites for hydroxylation is 1. The van der Waals surface area contributed by atoms with Crippen LogP contribution >= 0.6 is 0 Å². The van der Waals surface area contributed by atoms with E-state index in [9.17, 15) is 18.0 Å². The predicted molar refractivity (Wildman–Crippen MR) is 100 cm³/mol. The number of hydrogen-bond donors (Lipinski definition) is 1. The molecule has 2 aromatic heterocycles. The molecule has 29 heavy (non-hydrogen) atoms. The number of fused-ring (bicyclic) bond motifs is 1. The third-order valence-electron chi connectivity index (χ3n) is 5.82. The number of aromatic nitrogens is 4. The molecule has 10 heteroatoms. The molecule has 0 aromatic carbocycles. The van der Waals surface area contributed by atoms with Crippen molar-refractivity contribution in [3.63, 3.8) is 0 Å². The van der Waals surface area contributed by atoms with Gasteiger partial charge in [0, 0.05) is 31.9 Å². The van der Waals surface area contributed by atoms with Gasteiger partial charge in [-0.05, 0) is 38.2 Å². The van der Waals surface area contributed by atoms with Gasteiger partial charge in [-0.2, -0.15) is 23.4 Å². The SMILES string of the molecule is CC[C@@H]1C[C@H](C(F)(F)F)n2nc(C3CCCCN3C(=O)c3ccn(C)n3)cc2N1. The standard InChI is InChI=1S/C19H25F3N6O/c1-3-12-10-16(19(20,21)22)28-17(23-12)11-14(25-28)15-6-4-5-8-27(15)18(29)13-7-9-26(2)24-13/h7,9,11-12,15-16,23H,3-6,8,10H2,1-2H3/t12-,15?,16-/m1/s1. The number of carbonyl (C=O) groups excluding carboxylic acids is 1. The van der Waals surface area contributed by atoms with Crippen molar-refractivity contribution in [2.24, 2.45) is 7.05 Å². The minimum Gasteiger partial charge on any atom is -0.367 e. The third kappa shape index (κ3) is 3.72. The monoisotopic (exact) mass is 410 g/mol. The van der Waals surface area contributed by atoms with E-state index in [1.54, 1.807) is 35.0 Å². The Labute approximate surface area is 166 Å². The van der Waals surface area contributed by atoms with Gasteiger partial charge in [0.15, 0.2) is 6.04 Å². The highest BCUT2D eigenvalue weighted by Crippen LogP contribution is 2.42. The van der Waals surface area contributed by atoms with E-state index < -0.39 is 12.2 Å². The molecular formula is C19H25F3N6O. The number of halogens is 3. The molecule has 1 unspecified atom stereocenters. The maximum atomic E-state index is 13.6. The summed E-state index contributed by atoms with van der Waals surface area (Å²) in [7, 11) is 1.74. The highest BCUT2D eigenvalue weighted by atomic mass is 19.4. The number of nitrogens with zero attached hydrogens (tertiary/aromatic N) is 5. The number of likely N-dealkylation sites (tertiary alicyclic amines) is 1. The Hall–Kier alpha value is -2.52. The number of piperidine rings is 1. The minimum absolute atomic E-state index is 0.0463. The second-order valence-electron chi connectivity index (χ2n) is 7.83. The van der Waals surface area contributed by atoms with Crippen LogP contribution in [0.5, 0.6) is 0 Å². The zero-order chi connectivity index (χ0) is 20.8. The van der Waals surface area contributed by atoms with Crippen molar-refractivity contribution < 1.29 is 18.0 Å². The van der Waals surface area contributed by atoms with Crippen LogP contribution in [0.25, 0.3) is 0 Å². The second kappa shape index (κ2) is 7.38. The number of carbonyl (C=O) groups is 1. The Balaban J connectivity index is 1.67. The maximum Gasteiger partial charge on any atom is 0.410 e. The molecule has 0 spiro atoms. The molecular weight excluding hydrogens is 385 g/mol. The van der Waals surface area contributed by atoms with Gasteiger partial charge in [0.05, 0.1) is 11.7 Å². The first-order chi connectivity index (χ1) is 13.8. The molecule has 1 saturated heterocycles. The fourth-order valence-electron chi connectivity index (χ4n) is 4.26. The molecule has 2 aromatic rings. The molecule has 0 aliphatic carbocycles. The molecule has 1 amide bonds. The number of hydrogen-bond acceptors (Lipinski definition) is 4. The quantitative estimate of drug-likeness (QED) is 0.838. The van der Waals surface area contributed by atoms with Gasteiger partial charge in [0.1, 0.15) is 11.5 Å². The van der Waals surface area contributed by atoms with Crippen molar-refractivity contribution >= 4 is 11.7 Å². The largest absolute Gasteiger partial charge is 0.410 e. The molecule has 2 aliphatic heterocycles. The summed E-state index contributed by atoms with van der Waals surface area (Å²) in [5.41, 5.74) is 0.836. The van der Waals surface area contributed by atoms with Crippen molar-refractivity contribution in [3.8, 4) is 0 Å². The highest BCUT2D eigenvalue weighted by molar-refractivity contribution is 5.92. The van der Waals surface area contributed by atoms with E-state index in [0.717, 1.165) is 17.5 Å². The summed E-state index contributed by atoms with van der Waals surface area (Å²) in [4.78, 5) is 14.7. The van der Waals surface area contributed by atoms with Crippen LogP contribution in [0.2, 0.25) is 0 Å². The van der Waals surface area contributed by atoms with E-state index in [1.807, 2.05) is 6.92 Å². The number of nitrogens with one attached hydrogen (secondary N) is 1. The lowest BCUT2D eigenvalue weighted by atomic mass is 9.98. The van der Waals surface area contributed by atoms with Crippen molar-refractivity contribution in [3.05, 3.63) is 29.7 Å². The van der Waals surface area contributed by atoms with Crippen molar-refractivity contribution in [2.45, 2.75) is 63.3 Å². The number of rotatable bonds is 3. The normalized spacial score (nSPS) is 24.9. The average molecular weight is 410 g/mol. The smallest absolute Gasteiger partial charge is 0.367 e. The maximum absolute atomic E-state index is 13.6. The third-order valence-corrected chi connectivity index (χ3v) is 5.82. The van der Waals surface area contributed by atoms with Gasteiger partial charge >= 0.3 is 6.18 Å². The van der Waals surface area contributed by atoms with Gasteiger partial charge in [0.2, 0.25) is 0 Å². The topological polar surface area (TPSA) is 68.0 Å². The van der Waals surface area contributed by atoms with Crippen LogP contribution in [0, 0.1) is 0 Å². The van der Waals surface area contributed by atoms with Crippen LogP contribution in [0.1, 0.15) is 67.3 Å². The van der Waals surface area contributed by atoms with Crippen LogP contribution in [0.15, 0.2) is 18.3 Å². The first-order valence-electron chi connectivity index (χ1n) is 10.0.